The first kappa shape index (κ1) is 21.8. The van der Waals surface area contributed by atoms with Crippen LogP contribution in [0.2, 0.25) is 0 Å². The summed E-state index contributed by atoms with van der Waals surface area (Å²) in [4.78, 5) is 35.2. The minimum Gasteiger partial charge on any atom is -0.495 e. The topological polar surface area (TPSA) is 74.8 Å². The molecule has 0 saturated carbocycles. The van der Waals surface area contributed by atoms with Crippen molar-refractivity contribution in [3.05, 3.63) is 34.8 Å². The Kier molecular flexibility index (Phi) is 6.57. The molecule has 0 radical (unpaired) electrons. The number of nitrogens with zero attached hydrogens (tertiary/aromatic N) is 3. The Labute approximate surface area is 187 Å². The van der Waals surface area contributed by atoms with Gasteiger partial charge < -0.3 is 15.0 Å². The molecule has 0 spiro atoms. The number of ether oxygens (including phenoxy) is 1. The van der Waals surface area contributed by atoms with Gasteiger partial charge in [0.2, 0.25) is 11.8 Å². The maximum Gasteiger partial charge on any atom is 0.231 e. The lowest BCUT2D eigenvalue weighted by molar-refractivity contribution is -0.122. The van der Waals surface area contributed by atoms with E-state index in [1.807, 2.05) is 31.3 Å². The Morgan fingerprint density at radius 3 is 2.97 bits per heavy atom. The van der Waals surface area contributed by atoms with Crippen LogP contribution in [0.15, 0.2) is 24.4 Å². The van der Waals surface area contributed by atoms with E-state index in [0.29, 0.717) is 23.5 Å². The van der Waals surface area contributed by atoms with Gasteiger partial charge >= 0.3 is 0 Å². The highest BCUT2D eigenvalue weighted by molar-refractivity contribution is 7.15. The molecule has 1 N–H and O–H groups in total. The predicted molar refractivity (Wildman–Crippen MR) is 123 cm³/mol. The standard InChI is InChI=1S/C23H30N4O3S/c1-15-7-8-20(30-3)19(10-15)27-13-17(11-21(27)28)22(29)25-23-24-12-18(31-23)14-26-9-5-4-6-16(26)2/h7-8,10,12,16-17H,4-6,9,11,13-14H2,1-3H3,(H,24,25,29). The minimum absolute atomic E-state index is 0.0667. The number of likely N-dealkylation sites (tertiary alicyclic amines) is 1. The number of methoxy groups -OCH3 is 1. The first-order valence-electron chi connectivity index (χ1n) is 10.9. The molecule has 2 fully saturated rings. The van der Waals surface area contributed by atoms with Crippen molar-refractivity contribution in [3.63, 3.8) is 0 Å². The number of thiazole rings is 1. The van der Waals surface area contributed by atoms with Crippen LogP contribution >= 0.6 is 11.3 Å². The molecule has 0 bridgehead atoms. The van der Waals surface area contributed by atoms with E-state index in [-0.39, 0.29) is 18.2 Å². The fourth-order valence-electron chi connectivity index (χ4n) is 4.37. The van der Waals surface area contributed by atoms with Gasteiger partial charge in [0.25, 0.3) is 0 Å². The first-order valence-corrected chi connectivity index (χ1v) is 11.7. The van der Waals surface area contributed by atoms with E-state index in [4.69, 9.17) is 4.74 Å². The average Bonchev–Trinajstić information content (AvgIpc) is 3.36. The third-order valence-electron chi connectivity index (χ3n) is 6.20. The zero-order chi connectivity index (χ0) is 22.0. The maximum absolute atomic E-state index is 12.8. The van der Waals surface area contributed by atoms with E-state index in [2.05, 4.69) is 22.1 Å². The number of carbonyl (C=O) groups is 2. The Morgan fingerprint density at radius 2 is 2.19 bits per heavy atom. The highest BCUT2D eigenvalue weighted by atomic mass is 32.1. The van der Waals surface area contributed by atoms with Gasteiger partial charge in [0.05, 0.1) is 18.7 Å². The van der Waals surface area contributed by atoms with Crippen LogP contribution in [0.1, 0.15) is 43.0 Å². The van der Waals surface area contributed by atoms with Gasteiger partial charge in [-0.2, -0.15) is 0 Å². The lowest BCUT2D eigenvalue weighted by Gasteiger charge is -2.32. The van der Waals surface area contributed by atoms with Gasteiger partial charge in [-0.15, -0.1) is 11.3 Å². The Hall–Kier alpha value is -2.45. The first-order chi connectivity index (χ1) is 14.9. The third-order valence-corrected chi connectivity index (χ3v) is 7.10. The van der Waals surface area contributed by atoms with Crippen molar-refractivity contribution in [3.8, 4) is 5.75 Å². The van der Waals surface area contributed by atoms with Crippen LogP contribution < -0.4 is 15.0 Å². The van der Waals surface area contributed by atoms with E-state index in [0.717, 1.165) is 29.2 Å². The number of anilines is 2. The van der Waals surface area contributed by atoms with Crippen molar-refractivity contribution in [1.82, 2.24) is 9.88 Å². The largest absolute Gasteiger partial charge is 0.495 e. The highest BCUT2D eigenvalue weighted by Crippen LogP contribution is 2.34. The van der Waals surface area contributed by atoms with Crippen molar-refractivity contribution in [2.75, 3.05) is 30.4 Å². The summed E-state index contributed by atoms with van der Waals surface area (Å²) in [5, 5.41) is 3.53. The Balaban J connectivity index is 1.38. The van der Waals surface area contributed by atoms with Crippen LogP contribution in [-0.4, -0.2) is 47.9 Å². The summed E-state index contributed by atoms with van der Waals surface area (Å²) in [6.07, 6.45) is 5.82. The van der Waals surface area contributed by atoms with Gasteiger partial charge in [0.1, 0.15) is 5.75 Å². The molecule has 2 atom stereocenters. The summed E-state index contributed by atoms with van der Waals surface area (Å²) in [6.45, 7) is 6.57. The molecule has 4 rings (SSSR count). The zero-order valence-electron chi connectivity index (χ0n) is 18.4. The normalized spacial score (nSPS) is 22.0. The number of benzene rings is 1. The monoisotopic (exact) mass is 442 g/mol. The van der Waals surface area contributed by atoms with E-state index < -0.39 is 5.92 Å². The van der Waals surface area contributed by atoms with Gasteiger partial charge in [0.15, 0.2) is 5.13 Å². The van der Waals surface area contributed by atoms with Gasteiger partial charge in [-0.1, -0.05) is 12.5 Å². The molecule has 1 aromatic heterocycles. The molecule has 2 aliphatic rings. The molecule has 2 aromatic rings. The quantitative estimate of drug-likeness (QED) is 0.736. The molecule has 2 saturated heterocycles. The third kappa shape index (κ3) is 4.91. The SMILES string of the molecule is COc1ccc(C)cc1N1CC(C(=O)Nc2ncc(CN3CCCCC3C)s2)CC1=O. The summed E-state index contributed by atoms with van der Waals surface area (Å²) in [7, 11) is 1.59. The molecule has 7 nitrogen and oxygen atoms in total. The molecule has 0 aliphatic carbocycles. The van der Waals surface area contributed by atoms with Crippen LogP contribution in [0.5, 0.6) is 5.75 Å². The molecule has 2 amide bonds. The molecule has 1 aromatic carbocycles. The number of rotatable bonds is 6. The van der Waals surface area contributed by atoms with E-state index >= 15 is 0 Å². The van der Waals surface area contributed by atoms with Gasteiger partial charge in [-0.25, -0.2) is 4.98 Å². The van der Waals surface area contributed by atoms with E-state index in [1.165, 1.54) is 30.6 Å². The number of amides is 2. The lowest BCUT2D eigenvalue weighted by Crippen LogP contribution is -2.36. The summed E-state index contributed by atoms with van der Waals surface area (Å²) >= 11 is 1.52. The number of piperidine rings is 1. The van der Waals surface area contributed by atoms with Crippen molar-refractivity contribution in [2.45, 2.75) is 52.1 Å². The van der Waals surface area contributed by atoms with Gasteiger partial charge in [-0.05, 0) is 50.9 Å². The van der Waals surface area contributed by atoms with Crippen LogP contribution in [0.4, 0.5) is 10.8 Å². The Bertz CT molecular complexity index is 960. The summed E-state index contributed by atoms with van der Waals surface area (Å²) in [6, 6.07) is 6.30. The van der Waals surface area contributed by atoms with Crippen molar-refractivity contribution in [2.24, 2.45) is 5.92 Å². The number of aromatic nitrogens is 1. The molecule has 2 unspecified atom stereocenters. The van der Waals surface area contributed by atoms with Crippen molar-refractivity contribution < 1.29 is 14.3 Å². The number of aryl methyl sites for hydroxylation is 1. The Morgan fingerprint density at radius 1 is 1.35 bits per heavy atom. The van der Waals surface area contributed by atoms with Crippen LogP contribution in [0.25, 0.3) is 0 Å². The highest BCUT2D eigenvalue weighted by Gasteiger charge is 2.36. The molecular weight excluding hydrogens is 412 g/mol. The molecule has 2 aliphatic heterocycles. The maximum atomic E-state index is 12.8. The second-order valence-electron chi connectivity index (χ2n) is 8.52. The van der Waals surface area contributed by atoms with E-state index in [1.54, 1.807) is 12.0 Å². The fourth-order valence-corrected chi connectivity index (χ4v) is 5.21. The van der Waals surface area contributed by atoms with Crippen molar-refractivity contribution in [1.29, 1.82) is 0 Å². The number of carbonyl (C=O) groups excluding carboxylic acids is 2. The zero-order valence-corrected chi connectivity index (χ0v) is 19.2. The molecule has 166 valence electrons. The summed E-state index contributed by atoms with van der Waals surface area (Å²) < 4.78 is 5.42. The second kappa shape index (κ2) is 9.36. The summed E-state index contributed by atoms with van der Waals surface area (Å²) in [5.74, 6) is 0.00127. The number of nitrogens with one attached hydrogen (secondary N) is 1. The smallest absolute Gasteiger partial charge is 0.231 e. The summed E-state index contributed by atoms with van der Waals surface area (Å²) in [5.41, 5.74) is 1.75. The lowest BCUT2D eigenvalue weighted by atomic mass is 10.0. The van der Waals surface area contributed by atoms with E-state index in [9.17, 15) is 9.59 Å². The average molecular weight is 443 g/mol. The fraction of sp³-hybridized carbons (Fsp3) is 0.522. The minimum atomic E-state index is -0.410. The second-order valence-corrected chi connectivity index (χ2v) is 9.63. The molecular formula is C23H30N4O3S. The molecule has 8 heteroatoms. The van der Waals surface area contributed by atoms with Crippen LogP contribution in [0.3, 0.4) is 0 Å². The van der Waals surface area contributed by atoms with Crippen LogP contribution in [-0.2, 0) is 16.1 Å². The van der Waals surface area contributed by atoms with Gasteiger partial charge in [0, 0.05) is 36.6 Å². The molecule has 31 heavy (non-hydrogen) atoms. The van der Waals surface area contributed by atoms with Crippen molar-refractivity contribution >= 4 is 34.0 Å². The number of hydrogen-bond donors (Lipinski definition) is 1. The van der Waals surface area contributed by atoms with Crippen LogP contribution in [0, 0.1) is 12.8 Å². The molecule has 3 heterocycles. The van der Waals surface area contributed by atoms with Gasteiger partial charge in [-0.3, -0.25) is 14.5 Å². The number of hydrogen-bond acceptors (Lipinski definition) is 6. The predicted octanol–water partition coefficient (Wildman–Crippen LogP) is 3.83.